The second-order valence-electron chi connectivity index (χ2n) is 7.65. The van der Waals surface area contributed by atoms with Crippen LogP contribution >= 0.6 is 0 Å². The lowest BCUT2D eigenvalue weighted by atomic mass is 9.86. The molecule has 1 aliphatic heterocycles. The van der Waals surface area contributed by atoms with Gasteiger partial charge >= 0.3 is 0 Å². The Morgan fingerprint density at radius 2 is 2.15 bits per heavy atom. The van der Waals surface area contributed by atoms with E-state index in [-0.39, 0.29) is 11.6 Å². The molecule has 0 amide bonds. The van der Waals surface area contributed by atoms with Crippen LogP contribution < -0.4 is 15.4 Å². The lowest BCUT2D eigenvalue weighted by Gasteiger charge is -2.40. The van der Waals surface area contributed by atoms with Crippen molar-refractivity contribution in [3.8, 4) is 5.75 Å². The van der Waals surface area contributed by atoms with E-state index < -0.39 is 0 Å². The van der Waals surface area contributed by atoms with Gasteiger partial charge in [0.25, 0.3) is 0 Å². The van der Waals surface area contributed by atoms with E-state index in [0.717, 1.165) is 43.1 Å². The van der Waals surface area contributed by atoms with Crippen molar-refractivity contribution in [2.24, 2.45) is 12.0 Å². The maximum atomic E-state index is 6.47. The standard InChI is InChI=1S/C21H29N5O/c1-3-22-20(23-13-16-14-24-26(2)15-16)25-18-12-21(10-6-7-11-21)27-19-9-5-4-8-17(18)19/h4-5,8-9,14-15,18H,3,6-7,10-13H2,1-2H3,(H2,22,23,25). The highest BCUT2D eigenvalue weighted by atomic mass is 16.5. The number of rotatable bonds is 4. The Bertz CT molecular complexity index is 806. The number of fused-ring (bicyclic) bond motifs is 1. The van der Waals surface area contributed by atoms with E-state index in [9.17, 15) is 0 Å². The van der Waals surface area contributed by atoms with Gasteiger partial charge < -0.3 is 15.4 Å². The van der Waals surface area contributed by atoms with Gasteiger partial charge in [0, 0.05) is 37.3 Å². The van der Waals surface area contributed by atoms with Gasteiger partial charge in [-0.2, -0.15) is 5.10 Å². The van der Waals surface area contributed by atoms with Crippen molar-refractivity contribution in [3.05, 3.63) is 47.8 Å². The number of hydrogen-bond donors (Lipinski definition) is 2. The first-order valence-electron chi connectivity index (χ1n) is 9.98. The molecule has 2 heterocycles. The SMILES string of the molecule is CCNC(=NCc1cnn(C)c1)NC1CC2(CCCC2)Oc2ccccc21. The molecule has 27 heavy (non-hydrogen) atoms. The Kier molecular flexibility index (Phi) is 5.05. The first-order chi connectivity index (χ1) is 13.2. The molecule has 1 aliphatic carbocycles. The van der Waals surface area contributed by atoms with Gasteiger partial charge in [-0.15, -0.1) is 0 Å². The summed E-state index contributed by atoms with van der Waals surface area (Å²) in [7, 11) is 1.93. The van der Waals surface area contributed by atoms with E-state index in [0.29, 0.717) is 6.54 Å². The molecular weight excluding hydrogens is 338 g/mol. The maximum Gasteiger partial charge on any atom is 0.192 e. The van der Waals surface area contributed by atoms with Crippen LogP contribution in [0.3, 0.4) is 0 Å². The molecule has 6 nitrogen and oxygen atoms in total. The normalized spacial score (nSPS) is 21.0. The minimum absolute atomic E-state index is 0.0211. The highest BCUT2D eigenvalue weighted by Crippen LogP contribution is 2.46. The van der Waals surface area contributed by atoms with Crippen molar-refractivity contribution < 1.29 is 4.74 Å². The minimum Gasteiger partial charge on any atom is -0.487 e. The quantitative estimate of drug-likeness (QED) is 0.643. The van der Waals surface area contributed by atoms with E-state index in [1.54, 1.807) is 0 Å². The summed E-state index contributed by atoms with van der Waals surface area (Å²) in [5.74, 6) is 1.86. The second-order valence-corrected chi connectivity index (χ2v) is 7.65. The van der Waals surface area contributed by atoms with Gasteiger partial charge in [-0.05, 0) is 38.7 Å². The topological polar surface area (TPSA) is 63.5 Å². The van der Waals surface area contributed by atoms with Crippen molar-refractivity contribution in [1.82, 2.24) is 20.4 Å². The molecule has 0 bridgehead atoms. The molecule has 6 heteroatoms. The molecule has 1 atom stereocenters. The van der Waals surface area contributed by atoms with Crippen molar-refractivity contribution in [2.45, 2.75) is 57.2 Å². The molecule has 1 spiro atoms. The van der Waals surface area contributed by atoms with Crippen LogP contribution in [0.5, 0.6) is 5.75 Å². The van der Waals surface area contributed by atoms with Crippen molar-refractivity contribution in [3.63, 3.8) is 0 Å². The number of para-hydroxylation sites is 1. The monoisotopic (exact) mass is 367 g/mol. The van der Waals surface area contributed by atoms with Gasteiger partial charge in [-0.25, -0.2) is 4.99 Å². The van der Waals surface area contributed by atoms with Gasteiger partial charge in [0.15, 0.2) is 5.96 Å². The van der Waals surface area contributed by atoms with Gasteiger partial charge in [-0.1, -0.05) is 18.2 Å². The van der Waals surface area contributed by atoms with Crippen LogP contribution in [0.4, 0.5) is 0 Å². The molecule has 1 aromatic carbocycles. The Morgan fingerprint density at radius 1 is 1.33 bits per heavy atom. The molecule has 4 rings (SSSR count). The third-order valence-corrected chi connectivity index (χ3v) is 5.55. The average molecular weight is 367 g/mol. The largest absolute Gasteiger partial charge is 0.487 e. The number of aryl methyl sites for hydroxylation is 1. The fraction of sp³-hybridized carbons (Fsp3) is 0.524. The molecule has 1 unspecified atom stereocenters. The second kappa shape index (κ2) is 7.62. The van der Waals surface area contributed by atoms with Crippen molar-refractivity contribution in [2.75, 3.05) is 6.54 Å². The van der Waals surface area contributed by atoms with Crippen LogP contribution in [0.2, 0.25) is 0 Å². The average Bonchev–Trinajstić information content (AvgIpc) is 3.29. The predicted octanol–water partition coefficient (Wildman–Crippen LogP) is 3.31. The first kappa shape index (κ1) is 17.9. The molecule has 2 N–H and O–H groups in total. The minimum atomic E-state index is -0.0211. The molecule has 1 fully saturated rings. The first-order valence-corrected chi connectivity index (χ1v) is 9.98. The van der Waals surface area contributed by atoms with Crippen LogP contribution in [-0.4, -0.2) is 27.9 Å². The molecule has 0 radical (unpaired) electrons. The number of guanidine groups is 1. The van der Waals surface area contributed by atoms with Crippen molar-refractivity contribution in [1.29, 1.82) is 0 Å². The van der Waals surface area contributed by atoms with E-state index in [4.69, 9.17) is 9.73 Å². The lowest BCUT2D eigenvalue weighted by molar-refractivity contribution is 0.0396. The van der Waals surface area contributed by atoms with Gasteiger partial charge in [0.05, 0.1) is 18.8 Å². The number of ether oxygens (including phenoxy) is 1. The molecular formula is C21H29N5O. The Labute approximate surface area is 161 Å². The smallest absolute Gasteiger partial charge is 0.192 e. The van der Waals surface area contributed by atoms with Gasteiger partial charge in [0.1, 0.15) is 11.4 Å². The zero-order valence-electron chi connectivity index (χ0n) is 16.2. The van der Waals surface area contributed by atoms with Gasteiger partial charge in [0.2, 0.25) is 0 Å². The Hall–Kier alpha value is -2.50. The predicted molar refractivity (Wildman–Crippen MR) is 107 cm³/mol. The van der Waals surface area contributed by atoms with Gasteiger partial charge in [-0.3, -0.25) is 4.68 Å². The summed E-state index contributed by atoms with van der Waals surface area (Å²) in [6, 6.07) is 8.62. The third-order valence-electron chi connectivity index (χ3n) is 5.55. The highest BCUT2D eigenvalue weighted by Gasteiger charge is 2.43. The zero-order valence-corrected chi connectivity index (χ0v) is 16.2. The summed E-state index contributed by atoms with van der Waals surface area (Å²) in [4.78, 5) is 4.78. The number of aliphatic imine (C=N–C) groups is 1. The number of aromatic nitrogens is 2. The number of hydrogen-bond acceptors (Lipinski definition) is 3. The third kappa shape index (κ3) is 3.94. The summed E-state index contributed by atoms with van der Waals surface area (Å²) >= 11 is 0. The van der Waals surface area contributed by atoms with Crippen LogP contribution in [0.15, 0.2) is 41.7 Å². The van der Waals surface area contributed by atoms with E-state index >= 15 is 0 Å². The summed E-state index contributed by atoms with van der Waals surface area (Å²) in [6.45, 7) is 3.53. The Balaban J connectivity index is 1.56. The van der Waals surface area contributed by atoms with Crippen molar-refractivity contribution >= 4 is 5.96 Å². The fourth-order valence-electron chi connectivity index (χ4n) is 4.28. The molecule has 1 aromatic heterocycles. The summed E-state index contributed by atoms with van der Waals surface area (Å²) in [5, 5.41) is 11.3. The Morgan fingerprint density at radius 3 is 2.89 bits per heavy atom. The van der Waals surface area contributed by atoms with E-state index in [2.05, 4.69) is 46.9 Å². The van der Waals surface area contributed by atoms with Crippen LogP contribution in [0.1, 0.15) is 56.2 Å². The van der Waals surface area contributed by atoms with E-state index in [1.807, 2.05) is 24.1 Å². The number of nitrogens with one attached hydrogen (secondary N) is 2. The van der Waals surface area contributed by atoms with Crippen LogP contribution in [0.25, 0.3) is 0 Å². The van der Waals surface area contributed by atoms with Crippen LogP contribution in [-0.2, 0) is 13.6 Å². The summed E-state index contributed by atoms with van der Waals surface area (Å²) in [5.41, 5.74) is 2.31. The highest BCUT2D eigenvalue weighted by molar-refractivity contribution is 5.80. The summed E-state index contributed by atoms with van der Waals surface area (Å²) in [6.07, 6.45) is 9.65. The lowest BCUT2D eigenvalue weighted by Crippen LogP contribution is -2.46. The molecule has 2 aromatic rings. The molecule has 1 saturated carbocycles. The van der Waals surface area contributed by atoms with E-state index in [1.165, 1.54) is 18.4 Å². The zero-order chi connectivity index (χ0) is 18.7. The van der Waals surface area contributed by atoms with Crippen LogP contribution in [0, 0.1) is 0 Å². The fourth-order valence-corrected chi connectivity index (χ4v) is 4.28. The molecule has 2 aliphatic rings. The molecule has 0 saturated heterocycles. The molecule has 144 valence electrons. The summed E-state index contributed by atoms with van der Waals surface area (Å²) < 4.78 is 8.28. The maximum absolute atomic E-state index is 6.47. The number of nitrogens with zero attached hydrogens (tertiary/aromatic N) is 3. The number of benzene rings is 1.